The molecule has 0 aliphatic heterocycles. The van der Waals surface area contributed by atoms with Crippen molar-refractivity contribution >= 4 is 22.6 Å². The van der Waals surface area contributed by atoms with E-state index in [2.05, 4.69) is 0 Å². The molecule has 0 nitrogen and oxygen atoms in total. The third-order valence-electron chi connectivity index (χ3n) is 0.117. The van der Waals surface area contributed by atoms with Gasteiger partial charge in [-0.3, -0.25) is 0 Å². The van der Waals surface area contributed by atoms with Crippen LogP contribution >= 0.6 is 22.6 Å². The third kappa shape index (κ3) is 4.59. The normalized spacial score (nSPS) is 15.0. The van der Waals surface area contributed by atoms with Crippen LogP contribution in [-0.2, 0) is 0 Å². The summed E-state index contributed by atoms with van der Waals surface area (Å²) in [5.41, 5.74) is 0. The number of rotatable bonds is 1. The molecule has 0 aliphatic carbocycles. The van der Waals surface area contributed by atoms with E-state index < -0.39 is 10.9 Å². The molecule has 32 valence electrons. The summed E-state index contributed by atoms with van der Waals surface area (Å²) in [5.74, 6) is 0. The van der Waals surface area contributed by atoms with Gasteiger partial charge >= 0.3 is 0 Å². The number of hydrogen-bond acceptors (Lipinski definition) is 0. The molecule has 0 spiro atoms. The van der Waals surface area contributed by atoms with Gasteiger partial charge in [-0.2, -0.15) is 0 Å². The molecule has 0 saturated heterocycles. The molecule has 3 heteroatoms. The Morgan fingerprint density at radius 2 is 2.00 bits per heavy atom. The van der Waals surface area contributed by atoms with Crippen LogP contribution in [0, 0.1) is 0 Å². The average molecular weight is 192 g/mol. The van der Waals surface area contributed by atoms with Gasteiger partial charge in [0.2, 0.25) is 0 Å². The Hall–Kier alpha value is 0.590. The quantitative estimate of drug-likeness (QED) is 0.438. The summed E-state index contributed by atoms with van der Waals surface area (Å²) in [6.07, 6.45) is 0. The van der Waals surface area contributed by atoms with Crippen LogP contribution in [-0.4, -0.2) is 10.9 Å². The van der Waals surface area contributed by atoms with Crippen LogP contribution in [0.3, 0.4) is 0 Å². The van der Waals surface area contributed by atoms with Gasteiger partial charge in [-0.25, -0.2) is 8.78 Å². The molecule has 0 radical (unpaired) electrons. The molecule has 0 aromatic carbocycles. The molecule has 0 saturated carbocycles. The van der Waals surface area contributed by atoms with Gasteiger partial charge in [0.15, 0.2) is 4.18 Å². The fourth-order valence-corrected chi connectivity index (χ4v) is 0. The van der Waals surface area contributed by atoms with Crippen molar-refractivity contribution in [2.24, 2.45) is 0 Å². The van der Waals surface area contributed by atoms with E-state index in [-0.39, 0.29) is 0 Å². The van der Waals surface area contributed by atoms with Gasteiger partial charge in [-0.05, 0) is 22.6 Å². The van der Waals surface area contributed by atoms with Gasteiger partial charge in [0, 0.05) is 0 Å². The maximum atomic E-state index is 11.0. The zero-order valence-electron chi connectivity index (χ0n) is 2.42. The molecule has 1 atom stereocenters. The smallest absolute Gasteiger partial charge is 0.179 e. The summed E-state index contributed by atoms with van der Waals surface area (Å²) in [6.45, 7) is -0.874. The monoisotopic (exact) mass is 192 g/mol. The Balaban J connectivity index is 2.54. The predicted octanol–water partition coefficient (Wildman–Crippen LogP) is 1.69. The molecule has 0 bridgehead atoms. The molecule has 1 unspecified atom stereocenters. The summed E-state index contributed by atoms with van der Waals surface area (Å²) in [4.78, 5) is 0. The van der Waals surface area contributed by atoms with E-state index in [1.165, 1.54) is 22.6 Å². The topological polar surface area (TPSA) is 0 Å². The first-order chi connectivity index (χ1) is 2.27. The molecular formula is C2H3F2I. The zero-order chi connectivity index (χ0) is 4.28. The van der Waals surface area contributed by atoms with E-state index >= 15 is 0 Å². The minimum absolute atomic E-state index is 0.874. The first-order valence-corrected chi connectivity index (χ1v) is 2.36. The number of hydrogen-bond donors (Lipinski definition) is 0. The lowest BCUT2D eigenvalue weighted by Gasteiger charge is -1.80. The van der Waals surface area contributed by atoms with Crippen molar-refractivity contribution < 1.29 is 8.78 Å². The van der Waals surface area contributed by atoms with Gasteiger partial charge < -0.3 is 0 Å². The largest absolute Gasteiger partial charge is 0.247 e. The van der Waals surface area contributed by atoms with Crippen molar-refractivity contribution in [1.82, 2.24) is 0 Å². The number of alkyl halides is 3. The van der Waals surface area contributed by atoms with E-state index in [1.54, 1.807) is 0 Å². The van der Waals surface area contributed by atoms with Crippen molar-refractivity contribution in [3.8, 4) is 0 Å². The first kappa shape index (κ1) is 5.59. The lowest BCUT2D eigenvalue weighted by molar-refractivity contribution is 0.363. The molecule has 0 fully saturated rings. The van der Waals surface area contributed by atoms with Crippen LogP contribution in [0.15, 0.2) is 0 Å². The average Bonchev–Trinajstić information content (AvgIpc) is 1.38. The van der Waals surface area contributed by atoms with Crippen LogP contribution in [0.2, 0.25) is 0 Å². The van der Waals surface area contributed by atoms with Crippen LogP contribution in [0.5, 0.6) is 0 Å². The standard InChI is InChI=1S/C2H3F2I/c3-1-2(4)5/h2H,1H2. The lowest BCUT2D eigenvalue weighted by atomic mass is 10.9. The van der Waals surface area contributed by atoms with Crippen molar-refractivity contribution in [3.63, 3.8) is 0 Å². The Morgan fingerprint density at radius 1 is 1.80 bits per heavy atom. The van der Waals surface area contributed by atoms with E-state index in [9.17, 15) is 8.78 Å². The zero-order valence-corrected chi connectivity index (χ0v) is 4.58. The van der Waals surface area contributed by atoms with Crippen LogP contribution in [0.4, 0.5) is 8.78 Å². The second-order valence-electron chi connectivity index (χ2n) is 0.545. The minimum atomic E-state index is -1.31. The second-order valence-corrected chi connectivity index (χ2v) is 1.90. The van der Waals surface area contributed by atoms with Crippen molar-refractivity contribution in [3.05, 3.63) is 0 Å². The third-order valence-corrected chi connectivity index (χ3v) is 0.450. The molecular weight excluding hydrogens is 189 g/mol. The molecule has 0 heterocycles. The highest BCUT2D eigenvalue weighted by molar-refractivity contribution is 14.1. The van der Waals surface area contributed by atoms with Gasteiger partial charge in [0.05, 0.1) is 0 Å². The Kier molecular flexibility index (Phi) is 3.14. The SMILES string of the molecule is FCC(F)I. The summed E-state index contributed by atoms with van der Waals surface area (Å²) in [7, 11) is 0. The van der Waals surface area contributed by atoms with Gasteiger partial charge in [-0.15, -0.1) is 0 Å². The summed E-state index contributed by atoms with van der Waals surface area (Å²) in [6, 6.07) is 0. The summed E-state index contributed by atoms with van der Waals surface area (Å²) in [5, 5.41) is 0. The molecule has 0 aromatic rings. The lowest BCUT2D eigenvalue weighted by Crippen LogP contribution is -1.84. The fourth-order valence-electron chi connectivity index (χ4n) is 0. The summed E-state index contributed by atoms with van der Waals surface area (Å²) < 4.78 is 20.5. The van der Waals surface area contributed by atoms with Crippen LogP contribution in [0.1, 0.15) is 0 Å². The van der Waals surface area contributed by atoms with Crippen molar-refractivity contribution in [2.75, 3.05) is 6.67 Å². The molecule has 0 aromatic heterocycles. The maximum absolute atomic E-state index is 11.0. The molecule has 0 N–H and O–H groups in total. The van der Waals surface area contributed by atoms with Crippen LogP contribution in [0.25, 0.3) is 0 Å². The van der Waals surface area contributed by atoms with Gasteiger partial charge in [0.25, 0.3) is 0 Å². The first-order valence-electron chi connectivity index (χ1n) is 1.11. The predicted molar refractivity (Wildman–Crippen MR) is 24.9 cm³/mol. The summed E-state index contributed by atoms with van der Waals surface area (Å²) >= 11 is 1.36. The molecule has 0 aliphatic rings. The fraction of sp³-hybridized carbons (Fsp3) is 1.00. The minimum Gasteiger partial charge on any atom is -0.247 e. The highest BCUT2D eigenvalue weighted by atomic mass is 127. The van der Waals surface area contributed by atoms with Crippen LogP contribution < -0.4 is 0 Å². The second kappa shape index (κ2) is 2.81. The van der Waals surface area contributed by atoms with E-state index in [1.807, 2.05) is 0 Å². The number of halogens is 3. The Bertz CT molecular complexity index is 21.6. The molecule has 5 heavy (non-hydrogen) atoms. The maximum Gasteiger partial charge on any atom is 0.179 e. The highest BCUT2D eigenvalue weighted by Gasteiger charge is 1.91. The molecule has 0 rings (SSSR count). The van der Waals surface area contributed by atoms with E-state index in [0.717, 1.165) is 0 Å². The van der Waals surface area contributed by atoms with Crippen molar-refractivity contribution in [1.29, 1.82) is 0 Å². The van der Waals surface area contributed by atoms with Gasteiger partial charge in [0.1, 0.15) is 6.67 Å². The highest BCUT2D eigenvalue weighted by Crippen LogP contribution is 1.99. The van der Waals surface area contributed by atoms with Gasteiger partial charge in [-0.1, -0.05) is 0 Å². The van der Waals surface area contributed by atoms with E-state index in [4.69, 9.17) is 0 Å². The van der Waals surface area contributed by atoms with E-state index in [0.29, 0.717) is 0 Å². The Labute approximate surface area is 42.7 Å². The van der Waals surface area contributed by atoms with Crippen molar-refractivity contribution in [2.45, 2.75) is 4.18 Å². The Morgan fingerprint density at radius 3 is 2.00 bits per heavy atom. The molecule has 0 amide bonds.